The fourth-order valence-electron chi connectivity index (χ4n) is 3.85. The van der Waals surface area contributed by atoms with Crippen LogP contribution in [-0.4, -0.2) is 86.0 Å². The number of nitrogens with one attached hydrogen (secondary N) is 2. The van der Waals surface area contributed by atoms with Gasteiger partial charge in [-0.2, -0.15) is 0 Å². The molecule has 1 saturated heterocycles. The molecule has 11 nitrogen and oxygen atoms in total. The number of piperazine rings is 1. The first-order chi connectivity index (χ1) is 15.9. The SMILES string of the molecule is CCOC(=O)N1CCN(CC2=C(C(=O)OC)C(c3ccc(O)c(OCC)c3)NC(=O)N2)CC1. The van der Waals surface area contributed by atoms with E-state index < -0.39 is 18.0 Å². The number of rotatable bonds is 7. The average molecular weight is 463 g/mol. The number of phenolic OH excluding ortho intramolecular Hbond substituents is 1. The Bertz CT molecular complexity index is 925. The van der Waals surface area contributed by atoms with Crippen LogP contribution in [0, 0.1) is 0 Å². The van der Waals surface area contributed by atoms with Gasteiger partial charge in [-0.1, -0.05) is 6.07 Å². The smallest absolute Gasteiger partial charge is 0.409 e. The van der Waals surface area contributed by atoms with E-state index in [2.05, 4.69) is 10.6 Å². The quantitative estimate of drug-likeness (QED) is 0.518. The Balaban J connectivity index is 1.86. The Labute approximate surface area is 192 Å². The monoisotopic (exact) mass is 462 g/mol. The van der Waals surface area contributed by atoms with E-state index in [9.17, 15) is 19.5 Å². The van der Waals surface area contributed by atoms with E-state index in [0.717, 1.165) is 0 Å². The largest absolute Gasteiger partial charge is 0.504 e. The number of methoxy groups -OCH3 is 1. The number of carbonyl (C=O) groups excluding carboxylic acids is 3. The second-order valence-electron chi connectivity index (χ2n) is 7.54. The van der Waals surface area contributed by atoms with E-state index in [1.54, 1.807) is 30.9 Å². The maximum absolute atomic E-state index is 12.8. The van der Waals surface area contributed by atoms with Crippen molar-refractivity contribution in [1.82, 2.24) is 20.4 Å². The van der Waals surface area contributed by atoms with E-state index in [0.29, 0.717) is 57.2 Å². The Hall–Kier alpha value is -3.47. The lowest BCUT2D eigenvalue weighted by molar-refractivity contribution is -0.136. The number of nitrogens with zero attached hydrogens (tertiary/aromatic N) is 2. The summed E-state index contributed by atoms with van der Waals surface area (Å²) in [6.07, 6.45) is -0.348. The molecule has 0 aliphatic carbocycles. The van der Waals surface area contributed by atoms with Gasteiger partial charge in [-0.05, 0) is 31.5 Å². The van der Waals surface area contributed by atoms with Gasteiger partial charge in [0.15, 0.2) is 11.5 Å². The third-order valence-electron chi connectivity index (χ3n) is 5.46. The van der Waals surface area contributed by atoms with E-state index in [4.69, 9.17) is 14.2 Å². The molecule has 3 N–H and O–H groups in total. The number of ether oxygens (including phenoxy) is 3. The van der Waals surface area contributed by atoms with Crippen molar-refractivity contribution in [2.75, 3.05) is 53.0 Å². The van der Waals surface area contributed by atoms with Crippen LogP contribution in [0.5, 0.6) is 11.5 Å². The summed E-state index contributed by atoms with van der Waals surface area (Å²) in [7, 11) is 1.28. The first-order valence-electron chi connectivity index (χ1n) is 10.9. The topological polar surface area (TPSA) is 130 Å². The molecule has 33 heavy (non-hydrogen) atoms. The lowest BCUT2D eigenvalue weighted by Crippen LogP contribution is -2.52. The van der Waals surface area contributed by atoms with E-state index in [1.165, 1.54) is 13.2 Å². The maximum Gasteiger partial charge on any atom is 0.409 e. The number of phenols is 1. The van der Waals surface area contributed by atoms with Gasteiger partial charge in [-0.15, -0.1) is 0 Å². The summed E-state index contributed by atoms with van der Waals surface area (Å²) < 4.78 is 15.5. The molecule has 180 valence electrons. The summed E-state index contributed by atoms with van der Waals surface area (Å²) in [5, 5.41) is 15.5. The number of esters is 1. The number of urea groups is 1. The van der Waals surface area contributed by atoms with Crippen LogP contribution < -0.4 is 15.4 Å². The third kappa shape index (κ3) is 5.67. The van der Waals surface area contributed by atoms with Gasteiger partial charge in [-0.3, -0.25) is 4.90 Å². The van der Waals surface area contributed by atoms with Crippen molar-refractivity contribution < 1.29 is 33.7 Å². The van der Waals surface area contributed by atoms with E-state index >= 15 is 0 Å². The third-order valence-corrected chi connectivity index (χ3v) is 5.46. The number of benzene rings is 1. The van der Waals surface area contributed by atoms with E-state index in [1.807, 2.05) is 4.90 Å². The Morgan fingerprint density at radius 3 is 2.52 bits per heavy atom. The number of hydrogen-bond donors (Lipinski definition) is 3. The molecule has 2 aliphatic rings. The zero-order valence-corrected chi connectivity index (χ0v) is 19.1. The minimum atomic E-state index is -0.790. The highest BCUT2D eigenvalue weighted by atomic mass is 16.6. The molecule has 11 heteroatoms. The molecule has 0 saturated carbocycles. The van der Waals surface area contributed by atoms with Gasteiger partial charge in [0.05, 0.1) is 31.9 Å². The fourth-order valence-corrected chi connectivity index (χ4v) is 3.85. The van der Waals surface area contributed by atoms with Crippen LogP contribution in [0.15, 0.2) is 29.5 Å². The van der Waals surface area contributed by atoms with Crippen molar-refractivity contribution in [3.8, 4) is 11.5 Å². The zero-order chi connectivity index (χ0) is 24.0. The fraction of sp³-hybridized carbons (Fsp3) is 0.500. The second kappa shape index (κ2) is 10.9. The summed E-state index contributed by atoms with van der Waals surface area (Å²) >= 11 is 0. The van der Waals surface area contributed by atoms with Crippen LogP contribution in [0.4, 0.5) is 9.59 Å². The number of aromatic hydroxyl groups is 1. The molecule has 1 fully saturated rings. The maximum atomic E-state index is 12.8. The number of amides is 3. The van der Waals surface area contributed by atoms with Gasteiger partial charge in [0.1, 0.15) is 0 Å². The molecule has 0 spiro atoms. The van der Waals surface area contributed by atoms with Crippen molar-refractivity contribution in [2.45, 2.75) is 19.9 Å². The van der Waals surface area contributed by atoms with Gasteiger partial charge in [-0.25, -0.2) is 14.4 Å². The van der Waals surface area contributed by atoms with Gasteiger partial charge in [0.25, 0.3) is 0 Å². The van der Waals surface area contributed by atoms with Crippen LogP contribution in [0.3, 0.4) is 0 Å². The van der Waals surface area contributed by atoms with Crippen LogP contribution in [0.2, 0.25) is 0 Å². The van der Waals surface area contributed by atoms with E-state index in [-0.39, 0.29) is 23.2 Å². The molecule has 1 aromatic rings. The highest BCUT2D eigenvalue weighted by Crippen LogP contribution is 2.34. The molecular formula is C22H30N4O7. The normalized spacial score (nSPS) is 18.9. The molecule has 3 rings (SSSR count). The predicted molar refractivity (Wildman–Crippen MR) is 118 cm³/mol. The first-order valence-corrected chi connectivity index (χ1v) is 10.9. The summed E-state index contributed by atoms with van der Waals surface area (Å²) in [4.78, 5) is 40.8. The van der Waals surface area contributed by atoms with Gasteiger partial charge < -0.3 is 34.9 Å². The highest BCUT2D eigenvalue weighted by Gasteiger charge is 2.35. The summed E-state index contributed by atoms with van der Waals surface area (Å²) in [5.41, 5.74) is 1.25. The summed E-state index contributed by atoms with van der Waals surface area (Å²) in [6, 6.07) is 3.42. The van der Waals surface area contributed by atoms with Crippen LogP contribution in [0.1, 0.15) is 25.5 Å². The first kappa shape index (κ1) is 24.2. The average Bonchev–Trinajstić information content (AvgIpc) is 2.80. The molecule has 1 atom stereocenters. The minimum Gasteiger partial charge on any atom is -0.504 e. The van der Waals surface area contributed by atoms with Crippen LogP contribution >= 0.6 is 0 Å². The molecule has 0 aromatic heterocycles. The van der Waals surface area contributed by atoms with Crippen LogP contribution in [0.25, 0.3) is 0 Å². The summed E-state index contributed by atoms with van der Waals surface area (Å²) in [6.45, 7) is 6.57. The van der Waals surface area contributed by atoms with Gasteiger partial charge >= 0.3 is 18.1 Å². The lowest BCUT2D eigenvalue weighted by atomic mass is 9.94. The predicted octanol–water partition coefficient (Wildman–Crippen LogP) is 1.35. The van der Waals surface area contributed by atoms with Crippen molar-refractivity contribution in [3.63, 3.8) is 0 Å². The van der Waals surface area contributed by atoms with Crippen LogP contribution in [-0.2, 0) is 14.3 Å². The molecule has 1 aromatic carbocycles. The molecule has 0 bridgehead atoms. The Morgan fingerprint density at radius 1 is 1.15 bits per heavy atom. The van der Waals surface area contributed by atoms with Crippen molar-refractivity contribution in [3.05, 3.63) is 35.0 Å². The number of hydrogen-bond acceptors (Lipinski definition) is 8. The molecule has 2 heterocycles. The number of carbonyl (C=O) groups is 3. The van der Waals surface area contributed by atoms with Gasteiger partial charge in [0, 0.05) is 38.4 Å². The molecule has 3 amide bonds. The summed E-state index contributed by atoms with van der Waals surface area (Å²) in [5.74, 6) is -0.369. The standard InChI is InChI=1S/C22H30N4O7/c1-4-32-17-12-14(6-7-16(17)27)19-18(20(28)31-3)15(23-21(29)24-19)13-25-8-10-26(11-9-25)22(30)33-5-2/h6-7,12,19,27H,4-5,8-11,13H2,1-3H3,(H2,23,24,29). The molecular weight excluding hydrogens is 432 g/mol. The zero-order valence-electron chi connectivity index (χ0n) is 19.1. The highest BCUT2D eigenvalue weighted by molar-refractivity contribution is 5.95. The minimum absolute atomic E-state index is 0.0378. The van der Waals surface area contributed by atoms with Gasteiger partial charge in [0.2, 0.25) is 0 Å². The van der Waals surface area contributed by atoms with Crippen molar-refractivity contribution in [2.24, 2.45) is 0 Å². The van der Waals surface area contributed by atoms with Crippen molar-refractivity contribution >= 4 is 18.1 Å². The molecule has 0 radical (unpaired) electrons. The molecule has 1 unspecified atom stereocenters. The molecule has 2 aliphatic heterocycles. The second-order valence-corrected chi connectivity index (χ2v) is 7.54. The Morgan fingerprint density at radius 2 is 1.88 bits per heavy atom. The van der Waals surface area contributed by atoms with Crippen molar-refractivity contribution in [1.29, 1.82) is 0 Å². The Kier molecular flexibility index (Phi) is 7.99. The lowest BCUT2D eigenvalue weighted by Gasteiger charge is -2.36.